The summed E-state index contributed by atoms with van der Waals surface area (Å²) in [5, 5.41) is 4.21. The first-order chi connectivity index (χ1) is 12.1. The summed E-state index contributed by atoms with van der Waals surface area (Å²) in [7, 11) is 1.65. The maximum atomic E-state index is 12.7. The van der Waals surface area contributed by atoms with E-state index in [1.54, 1.807) is 7.11 Å². The van der Waals surface area contributed by atoms with Gasteiger partial charge in [0.05, 0.1) is 13.2 Å². The van der Waals surface area contributed by atoms with Crippen molar-refractivity contribution in [3.8, 4) is 5.75 Å². The van der Waals surface area contributed by atoms with E-state index in [0.717, 1.165) is 48.6 Å². The zero-order chi connectivity index (χ0) is 17.8. The van der Waals surface area contributed by atoms with E-state index in [0.29, 0.717) is 12.3 Å². The number of hydrogen-bond acceptors (Lipinski definition) is 4. The first kappa shape index (κ1) is 17.5. The second-order valence-electron chi connectivity index (χ2n) is 6.90. The van der Waals surface area contributed by atoms with Crippen LogP contribution in [0.3, 0.4) is 0 Å². The lowest BCUT2D eigenvalue weighted by Crippen LogP contribution is -2.30. The number of hydrogen-bond donors (Lipinski definition) is 0. The molecule has 1 aliphatic rings. The van der Waals surface area contributed by atoms with Gasteiger partial charge >= 0.3 is 0 Å². The van der Waals surface area contributed by atoms with Crippen LogP contribution in [0.2, 0.25) is 0 Å². The van der Waals surface area contributed by atoms with E-state index in [-0.39, 0.29) is 11.9 Å². The van der Waals surface area contributed by atoms with Crippen LogP contribution in [0.15, 0.2) is 34.9 Å². The fourth-order valence-corrected chi connectivity index (χ4v) is 3.29. The smallest absolute Gasteiger partial charge is 0.223 e. The van der Waals surface area contributed by atoms with E-state index in [1.807, 2.05) is 35.2 Å². The third-order valence-electron chi connectivity index (χ3n) is 4.82. The predicted molar refractivity (Wildman–Crippen MR) is 95.6 cm³/mol. The summed E-state index contributed by atoms with van der Waals surface area (Å²) >= 11 is 0. The third kappa shape index (κ3) is 4.03. The molecule has 2 aromatic rings. The zero-order valence-corrected chi connectivity index (χ0v) is 15.2. The lowest BCUT2D eigenvalue weighted by Gasteiger charge is -2.23. The number of benzene rings is 1. The van der Waals surface area contributed by atoms with Gasteiger partial charge in [-0.3, -0.25) is 4.79 Å². The van der Waals surface area contributed by atoms with Crippen molar-refractivity contribution in [2.45, 2.75) is 51.5 Å². The second kappa shape index (κ2) is 7.72. The highest BCUT2D eigenvalue weighted by molar-refractivity contribution is 5.77. The quantitative estimate of drug-likeness (QED) is 0.793. The molecular formula is C20H26N2O3. The van der Waals surface area contributed by atoms with Crippen LogP contribution in [0.1, 0.15) is 62.1 Å². The van der Waals surface area contributed by atoms with Gasteiger partial charge in [0.25, 0.3) is 0 Å². The highest BCUT2D eigenvalue weighted by Gasteiger charge is 2.32. The van der Waals surface area contributed by atoms with Crippen LogP contribution in [0.25, 0.3) is 0 Å². The van der Waals surface area contributed by atoms with Crippen molar-refractivity contribution in [1.29, 1.82) is 0 Å². The Morgan fingerprint density at radius 1 is 1.36 bits per heavy atom. The second-order valence-corrected chi connectivity index (χ2v) is 6.90. The summed E-state index contributed by atoms with van der Waals surface area (Å²) in [6.45, 7) is 4.96. The largest absolute Gasteiger partial charge is 0.497 e. The van der Waals surface area contributed by atoms with Crippen molar-refractivity contribution in [2.24, 2.45) is 0 Å². The predicted octanol–water partition coefficient (Wildman–Crippen LogP) is 4.10. The van der Waals surface area contributed by atoms with E-state index < -0.39 is 0 Å². The molecule has 1 fully saturated rings. The molecule has 0 saturated carbocycles. The van der Waals surface area contributed by atoms with Crippen molar-refractivity contribution in [1.82, 2.24) is 10.1 Å². The van der Waals surface area contributed by atoms with Crippen LogP contribution < -0.4 is 4.74 Å². The van der Waals surface area contributed by atoms with Gasteiger partial charge in [0.1, 0.15) is 17.2 Å². The number of rotatable bonds is 6. The number of aromatic nitrogens is 1. The molecule has 3 rings (SSSR count). The van der Waals surface area contributed by atoms with Crippen molar-refractivity contribution in [3.63, 3.8) is 0 Å². The van der Waals surface area contributed by atoms with Crippen LogP contribution in [0.5, 0.6) is 5.75 Å². The van der Waals surface area contributed by atoms with Gasteiger partial charge in [0.15, 0.2) is 0 Å². The molecule has 0 radical (unpaired) electrons. The van der Waals surface area contributed by atoms with Crippen molar-refractivity contribution < 1.29 is 14.1 Å². The average molecular weight is 342 g/mol. The SMILES string of the molecule is COc1ccc(CCC(=O)N2CCC[C@@H]2c2cc(C(C)C)on2)cc1. The lowest BCUT2D eigenvalue weighted by atomic mass is 10.1. The van der Waals surface area contributed by atoms with E-state index >= 15 is 0 Å². The maximum Gasteiger partial charge on any atom is 0.223 e. The summed E-state index contributed by atoms with van der Waals surface area (Å²) < 4.78 is 10.6. The zero-order valence-electron chi connectivity index (χ0n) is 15.2. The molecule has 1 saturated heterocycles. The fraction of sp³-hybridized carbons (Fsp3) is 0.500. The van der Waals surface area contributed by atoms with Gasteiger partial charge < -0.3 is 14.2 Å². The van der Waals surface area contributed by atoms with Crippen LogP contribution in [0, 0.1) is 0 Å². The molecule has 1 amide bonds. The Morgan fingerprint density at radius 2 is 2.12 bits per heavy atom. The topological polar surface area (TPSA) is 55.6 Å². The van der Waals surface area contributed by atoms with Gasteiger partial charge in [-0.25, -0.2) is 0 Å². The lowest BCUT2D eigenvalue weighted by molar-refractivity contribution is -0.132. The van der Waals surface area contributed by atoms with Gasteiger partial charge in [0.2, 0.25) is 5.91 Å². The highest BCUT2D eigenvalue weighted by atomic mass is 16.5. The van der Waals surface area contributed by atoms with Crippen LogP contribution in [-0.2, 0) is 11.2 Å². The Balaban J connectivity index is 1.61. The molecule has 1 atom stereocenters. The minimum Gasteiger partial charge on any atom is -0.497 e. The molecule has 1 aromatic carbocycles. The van der Waals surface area contributed by atoms with Gasteiger partial charge in [-0.1, -0.05) is 31.1 Å². The molecule has 0 bridgehead atoms. The molecule has 0 aliphatic carbocycles. The Labute approximate surface area is 148 Å². The maximum absolute atomic E-state index is 12.7. The minimum atomic E-state index is 0.0552. The van der Waals surface area contributed by atoms with Gasteiger partial charge in [0, 0.05) is 24.9 Å². The summed E-state index contributed by atoms with van der Waals surface area (Å²) in [5.41, 5.74) is 2.03. The molecule has 1 aliphatic heterocycles. The first-order valence-electron chi connectivity index (χ1n) is 8.97. The van der Waals surface area contributed by atoms with Crippen molar-refractivity contribution >= 4 is 5.91 Å². The van der Waals surface area contributed by atoms with E-state index in [9.17, 15) is 4.79 Å². The third-order valence-corrected chi connectivity index (χ3v) is 4.82. The first-order valence-corrected chi connectivity index (χ1v) is 8.97. The Hall–Kier alpha value is -2.30. The molecular weight excluding hydrogens is 316 g/mol. The number of carbonyl (C=O) groups is 1. The highest BCUT2D eigenvalue weighted by Crippen LogP contribution is 2.33. The number of amides is 1. The Bertz CT molecular complexity index is 706. The van der Waals surface area contributed by atoms with Crippen molar-refractivity contribution in [3.05, 3.63) is 47.3 Å². The molecule has 5 heteroatoms. The minimum absolute atomic E-state index is 0.0552. The number of methoxy groups -OCH3 is 1. The summed E-state index contributed by atoms with van der Waals surface area (Å²) in [6.07, 6.45) is 3.22. The van der Waals surface area contributed by atoms with Crippen LogP contribution in [0.4, 0.5) is 0 Å². The molecule has 25 heavy (non-hydrogen) atoms. The molecule has 2 heterocycles. The fourth-order valence-electron chi connectivity index (χ4n) is 3.29. The summed E-state index contributed by atoms with van der Waals surface area (Å²) in [5.74, 6) is 2.21. The van der Waals surface area contributed by atoms with E-state index in [4.69, 9.17) is 9.26 Å². The number of likely N-dealkylation sites (tertiary alicyclic amines) is 1. The van der Waals surface area contributed by atoms with Gasteiger partial charge in [-0.05, 0) is 37.0 Å². The molecule has 1 aromatic heterocycles. The normalized spacial score (nSPS) is 17.3. The molecule has 134 valence electrons. The van der Waals surface area contributed by atoms with Gasteiger partial charge in [-0.2, -0.15) is 0 Å². The Kier molecular flexibility index (Phi) is 5.41. The standard InChI is InChI=1S/C20H26N2O3/c1-14(2)19-13-17(21-25-19)18-5-4-12-22(18)20(23)11-8-15-6-9-16(24-3)10-7-15/h6-7,9-10,13-14,18H,4-5,8,11-12H2,1-3H3/t18-/m1/s1. The van der Waals surface area contributed by atoms with Gasteiger partial charge in [-0.15, -0.1) is 0 Å². The number of ether oxygens (including phenoxy) is 1. The number of nitrogens with zero attached hydrogens (tertiary/aromatic N) is 2. The molecule has 0 spiro atoms. The summed E-state index contributed by atoms with van der Waals surface area (Å²) in [4.78, 5) is 14.7. The number of carbonyl (C=O) groups excluding carboxylic acids is 1. The monoisotopic (exact) mass is 342 g/mol. The molecule has 5 nitrogen and oxygen atoms in total. The van der Waals surface area contributed by atoms with E-state index in [1.165, 1.54) is 0 Å². The van der Waals surface area contributed by atoms with Crippen LogP contribution in [-0.4, -0.2) is 29.6 Å². The molecule has 0 N–H and O–H groups in total. The van der Waals surface area contributed by atoms with Crippen molar-refractivity contribution in [2.75, 3.05) is 13.7 Å². The average Bonchev–Trinajstić information content (AvgIpc) is 3.28. The van der Waals surface area contributed by atoms with Crippen LogP contribution >= 0.6 is 0 Å². The molecule has 0 unspecified atom stereocenters. The Morgan fingerprint density at radius 3 is 2.76 bits per heavy atom. The number of aryl methyl sites for hydroxylation is 1. The summed E-state index contributed by atoms with van der Waals surface area (Å²) in [6, 6.07) is 9.95. The van der Waals surface area contributed by atoms with E-state index in [2.05, 4.69) is 19.0 Å².